The first-order chi connectivity index (χ1) is 9.06. The van der Waals surface area contributed by atoms with E-state index in [2.05, 4.69) is 43.9 Å². The van der Waals surface area contributed by atoms with Crippen molar-refractivity contribution in [3.63, 3.8) is 0 Å². The first kappa shape index (κ1) is 14.5. The number of nitrogens with zero attached hydrogens (tertiary/aromatic N) is 1. The Morgan fingerprint density at radius 3 is 2.74 bits per heavy atom. The van der Waals surface area contributed by atoms with Gasteiger partial charge in [-0.15, -0.1) is 0 Å². The molecule has 2 rings (SSSR count). The normalized spacial score (nSPS) is 24.9. The molecule has 1 N–H and O–H groups in total. The molecule has 1 aromatic carbocycles. The van der Waals surface area contributed by atoms with Crippen LogP contribution in [0.15, 0.2) is 24.3 Å². The van der Waals surface area contributed by atoms with Crippen molar-refractivity contribution in [1.82, 2.24) is 4.90 Å². The van der Waals surface area contributed by atoms with E-state index in [0.717, 1.165) is 19.5 Å². The van der Waals surface area contributed by atoms with Crippen LogP contribution in [0.2, 0.25) is 0 Å². The minimum atomic E-state index is -0.450. The van der Waals surface area contributed by atoms with Crippen molar-refractivity contribution in [3.05, 3.63) is 35.4 Å². The van der Waals surface area contributed by atoms with E-state index in [9.17, 15) is 5.11 Å². The van der Waals surface area contributed by atoms with Crippen LogP contribution in [-0.2, 0) is 11.2 Å². The number of benzene rings is 1. The average molecular weight is 263 g/mol. The number of morpholine rings is 1. The van der Waals surface area contributed by atoms with Crippen molar-refractivity contribution in [2.24, 2.45) is 0 Å². The predicted octanol–water partition coefficient (Wildman–Crippen LogP) is 2.01. The van der Waals surface area contributed by atoms with E-state index >= 15 is 0 Å². The number of aliphatic hydroxyl groups is 1. The maximum atomic E-state index is 9.84. The summed E-state index contributed by atoms with van der Waals surface area (Å²) in [6, 6.07) is 8.84. The van der Waals surface area contributed by atoms with Crippen LogP contribution in [-0.4, -0.2) is 48.0 Å². The van der Waals surface area contributed by atoms with Gasteiger partial charge in [0.15, 0.2) is 0 Å². The van der Waals surface area contributed by atoms with Crippen LogP contribution in [0.3, 0.4) is 0 Å². The summed E-state index contributed by atoms with van der Waals surface area (Å²) >= 11 is 0. The molecule has 3 nitrogen and oxygen atoms in total. The van der Waals surface area contributed by atoms with Gasteiger partial charge in [0.25, 0.3) is 0 Å². The van der Waals surface area contributed by atoms with Crippen LogP contribution in [0.1, 0.15) is 25.0 Å². The van der Waals surface area contributed by atoms with Gasteiger partial charge >= 0.3 is 0 Å². The summed E-state index contributed by atoms with van der Waals surface area (Å²) < 4.78 is 5.96. The SMILES string of the molecule is Cc1ccccc1C[C@@]1(CO)CN(C(C)C)CCO1. The highest BCUT2D eigenvalue weighted by Gasteiger charge is 2.37. The van der Waals surface area contributed by atoms with Gasteiger partial charge in [0.05, 0.1) is 13.2 Å². The highest BCUT2D eigenvalue weighted by atomic mass is 16.5. The van der Waals surface area contributed by atoms with Crippen molar-refractivity contribution in [1.29, 1.82) is 0 Å². The van der Waals surface area contributed by atoms with Crippen LogP contribution in [0, 0.1) is 6.92 Å². The van der Waals surface area contributed by atoms with Crippen LogP contribution in [0.5, 0.6) is 0 Å². The standard InChI is InChI=1S/C16H25NO2/c1-13(2)17-8-9-19-16(11-17,12-18)10-15-7-5-4-6-14(15)3/h4-7,13,18H,8-12H2,1-3H3/t16-/m0/s1. The first-order valence-electron chi connectivity index (χ1n) is 7.10. The van der Waals surface area contributed by atoms with Gasteiger partial charge in [-0.2, -0.15) is 0 Å². The number of hydrogen-bond donors (Lipinski definition) is 1. The molecule has 3 heteroatoms. The largest absolute Gasteiger partial charge is 0.393 e. The Kier molecular flexibility index (Phi) is 4.61. The summed E-state index contributed by atoms with van der Waals surface area (Å²) in [5.74, 6) is 0. The molecule has 1 atom stereocenters. The minimum Gasteiger partial charge on any atom is -0.393 e. The molecule has 19 heavy (non-hydrogen) atoms. The zero-order valence-corrected chi connectivity index (χ0v) is 12.2. The second-order valence-electron chi connectivity index (χ2n) is 5.86. The van der Waals surface area contributed by atoms with Crippen molar-refractivity contribution in [2.75, 3.05) is 26.3 Å². The fourth-order valence-electron chi connectivity index (χ4n) is 2.73. The minimum absolute atomic E-state index is 0.0740. The number of aryl methyl sites for hydroxylation is 1. The van der Waals surface area contributed by atoms with E-state index in [1.807, 2.05) is 6.07 Å². The van der Waals surface area contributed by atoms with Crippen LogP contribution in [0.25, 0.3) is 0 Å². The number of ether oxygens (including phenoxy) is 1. The second-order valence-corrected chi connectivity index (χ2v) is 5.86. The first-order valence-corrected chi connectivity index (χ1v) is 7.10. The Bertz CT molecular complexity index is 419. The van der Waals surface area contributed by atoms with E-state index in [1.165, 1.54) is 11.1 Å². The fraction of sp³-hybridized carbons (Fsp3) is 0.625. The van der Waals surface area contributed by atoms with E-state index in [4.69, 9.17) is 4.74 Å². The molecule has 0 aliphatic carbocycles. The van der Waals surface area contributed by atoms with E-state index in [0.29, 0.717) is 12.6 Å². The van der Waals surface area contributed by atoms with Crippen molar-refractivity contribution in [3.8, 4) is 0 Å². The summed E-state index contributed by atoms with van der Waals surface area (Å²) in [5.41, 5.74) is 2.08. The number of rotatable bonds is 4. The average Bonchev–Trinajstić information content (AvgIpc) is 2.42. The molecule has 0 amide bonds. The Hall–Kier alpha value is -0.900. The third-order valence-electron chi connectivity index (χ3n) is 4.07. The predicted molar refractivity (Wildman–Crippen MR) is 77.4 cm³/mol. The summed E-state index contributed by atoms with van der Waals surface area (Å²) in [6.45, 7) is 9.03. The maximum Gasteiger partial charge on any atom is 0.108 e. The van der Waals surface area contributed by atoms with Gasteiger partial charge in [0.1, 0.15) is 5.60 Å². The lowest BCUT2D eigenvalue weighted by atomic mass is 9.90. The lowest BCUT2D eigenvalue weighted by Crippen LogP contribution is -2.57. The molecule has 0 unspecified atom stereocenters. The van der Waals surface area contributed by atoms with Crippen LogP contribution >= 0.6 is 0 Å². The van der Waals surface area contributed by atoms with Gasteiger partial charge < -0.3 is 9.84 Å². The smallest absolute Gasteiger partial charge is 0.108 e. The highest BCUT2D eigenvalue weighted by molar-refractivity contribution is 5.27. The zero-order valence-electron chi connectivity index (χ0n) is 12.2. The monoisotopic (exact) mass is 263 g/mol. The molecule has 0 spiro atoms. The van der Waals surface area contributed by atoms with Gasteiger partial charge in [-0.25, -0.2) is 0 Å². The van der Waals surface area contributed by atoms with Gasteiger partial charge in [-0.3, -0.25) is 4.90 Å². The zero-order chi connectivity index (χ0) is 13.9. The summed E-state index contributed by atoms with van der Waals surface area (Å²) in [4.78, 5) is 2.39. The molecule has 0 saturated carbocycles. The third kappa shape index (κ3) is 3.35. The highest BCUT2D eigenvalue weighted by Crippen LogP contribution is 2.25. The van der Waals surface area contributed by atoms with Crippen molar-refractivity contribution < 1.29 is 9.84 Å². The van der Waals surface area contributed by atoms with Gasteiger partial charge in [-0.1, -0.05) is 24.3 Å². The van der Waals surface area contributed by atoms with Gasteiger partial charge in [0.2, 0.25) is 0 Å². The fourth-order valence-corrected chi connectivity index (χ4v) is 2.73. The molecule has 1 fully saturated rings. The Balaban J connectivity index is 2.16. The van der Waals surface area contributed by atoms with Gasteiger partial charge in [-0.05, 0) is 31.9 Å². The molecule has 106 valence electrons. The van der Waals surface area contributed by atoms with E-state index in [-0.39, 0.29) is 6.61 Å². The Morgan fingerprint density at radius 2 is 2.11 bits per heavy atom. The van der Waals surface area contributed by atoms with E-state index in [1.54, 1.807) is 0 Å². The van der Waals surface area contributed by atoms with E-state index < -0.39 is 5.60 Å². The molecule has 0 aromatic heterocycles. The van der Waals surface area contributed by atoms with Crippen LogP contribution < -0.4 is 0 Å². The Morgan fingerprint density at radius 1 is 1.37 bits per heavy atom. The molecule has 1 aliphatic heterocycles. The number of hydrogen-bond acceptors (Lipinski definition) is 3. The summed E-state index contributed by atoms with van der Waals surface area (Å²) in [5, 5.41) is 9.84. The van der Waals surface area contributed by atoms with Gasteiger partial charge in [0, 0.05) is 25.6 Å². The molecular formula is C16H25NO2. The quantitative estimate of drug-likeness (QED) is 0.902. The molecule has 1 heterocycles. The van der Waals surface area contributed by atoms with Crippen molar-refractivity contribution in [2.45, 2.75) is 38.8 Å². The molecule has 0 bridgehead atoms. The molecular weight excluding hydrogens is 238 g/mol. The van der Waals surface area contributed by atoms with Crippen LogP contribution in [0.4, 0.5) is 0 Å². The lowest BCUT2D eigenvalue weighted by molar-refractivity contribution is -0.138. The third-order valence-corrected chi connectivity index (χ3v) is 4.07. The number of aliphatic hydroxyl groups excluding tert-OH is 1. The summed E-state index contributed by atoms with van der Waals surface area (Å²) in [6.07, 6.45) is 0.777. The van der Waals surface area contributed by atoms with Crippen molar-refractivity contribution >= 4 is 0 Å². The summed E-state index contributed by atoms with van der Waals surface area (Å²) in [7, 11) is 0. The second kappa shape index (κ2) is 6.04. The topological polar surface area (TPSA) is 32.7 Å². The maximum absolute atomic E-state index is 9.84. The Labute approximate surface area is 116 Å². The molecule has 1 saturated heterocycles. The molecule has 1 aliphatic rings. The molecule has 1 aromatic rings. The molecule has 0 radical (unpaired) electrons. The lowest BCUT2D eigenvalue weighted by Gasteiger charge is -2.43.